The van der Waals surface area contributed by atoms with E-state index in [9.17, 15) is 0 Å². The van der Waals surface area contributed by atoms with Gasteiger partial charge in [-0.2, -0.15) is 0 Å². The van der Waals surface area contributed by atoms with Crippen LogP contribution in [0.15, 0.2) is 80.7 Å². The van der Waals surface area contributed by atoms with Crippen LogP contribution in [-0.2, 0) is 21.2 Å². The number of nitrogens with one attached hydrogen (secondary N) is 1. The van der Waals surface area contributed by atoms with E-state index in [2.05, 4.69) is 92.6 Å². The predicted octanol–water partition coefficient (Wildman–Crippen LogP) is 9.99. The zero-order chi connectivity index (χ0) is 26.6. The van der Waals surface area contributed by atoms with Gasteiger partial charge >= 0.3 is 167 Å². The number of allylic oxidation sites excluding steroid dienone is 4. The summed E-state index contributed by atoms with van der Waals surface area (Å²) in [5, 5.41) is 0. The quantitative estimate of drug-likeness (QED) is 0.340. The van der Waals surface area contributed by atoms with Gasteiger partial charge in [-0.1, -0.05) is 60.7 Å². The van der Waals surface area contributed by atoms with Crippen LogP contribution < -0.4 is 3.26 Å². The van der Waals surface area contributed by atoms with Crippen LogP contribution in [0.4, 0.5) is 0 Å². The zero-order valence-corrected chi connectivity index (χ0v) is 28.2. The third-order valence-electron chi connectivity index (χ3n) is 8.60. The average molecular weight is 594 g/mol. The first-order chi connectivity index (χ1) is 17.9. The Bertz CT molecular complexity index is 945. The second-order valence-electron chi connectivity index (χ2n) is 11.6. The van der Waals surface area contributed by atoms with Crippen molar-refractivity contribution >= 4 is 5.92 Å². The van der Waals surface area contributed by atoms with E-state index in [0.29, 0.717) is 0 Å². The van der Waals surface area contributed by atoms with Gasteiger partial charge in [0.1, 0.15) is 0 Å². The van der Waals surface area contributed by atoms with Crippen molar-refractivity contribution in [1.82, 2.24) is 3.26 Å². The monoisotopic (exact) mass is 592 g/mol. The largest absolute Gasteiger partial charge is 0.0622 e. The van der Waals surface area contributed by atoms with E-state index in [-0.39, 0.29) is 0 Å². The SMILES string of the molecule is CC1=C(C)C(C)[C]([Zr]([NH]C2CCCCCCCCCC2)[SiH](C)C)=C1C.c1ccc(-c2ccccc2)cc1. The maximum atomic E-state index is 4.41. The van der Waals surface area contributed by atoms with Crippen LogP contribution in [-0.4, -0.2) is 12.0 Å². The third kappa shape index (κ3) is 9.29. The standard InChI is InChI=1S/C12H10.C11H22N.C9H13.C2H7Si.Zr/c1-3-7-11(8-4-1)12-9-5-2-6-10-12;12-11-9-7-5-3-1-2-4-6-8-10-11;1-6-5-7(2)9(4)8(6)3;1-3-2;/h1-10H;11-12H,1-10H2;6H,1-4H3;3H,1-2H3;/q;-1;;;+1. The van der Waals surface area contributed by atoms with Crippen molar-refractivity contribution in [1.29, 1.82) is 0 Å². The molecule has 2 aromatic rings. The molecule has 0 aromatic heterocycles. The van der Waals surface area contributed by atoms with Gasteiger partial charge < -0.3 is 0 Å². The normalized spacial score (nSPS) is 19.9. The molecule has 201 valence electrons. The van der Waals surface area contributed by atoms with Crippen molar-refractivity contribution in [2.24, 2.45) is 5.92 Å². The van der Waals surface area contributed by atoms with Gasteiger partial charge in [-0.15, -0.1) is 0 Å². The van der Waals surface area contributed by atoms with E-state index in [1.165, 1.54) is 75.3 Å². The minimum absolute atomic E-state index is 0.595. The zero-order valence-electron chi connectivity index (χ0n) is 24.6. The molecule has 0 radical (unpaired) electrons. The molecule has 37 heavy (non-hydrogen) atoms. The molecular weight excluding hydrogens is 542 g/mol. The Labute approximate surface area is 237 Å². The molecule has 3 heteroatoms. The molecule has 0 amide bonds. The van der Waals surface area contributed by atoms with E-state index >= 15 is 0 Å². The maximum absolute atomic E-state index is 4.41. The molecule has 1 saturated carbocycles. The Morgan fingerprint density at radius 2 is 1.08 bits per heavy atom. The molecule has 0 bridgehead atoms. The summed E-state index contributed by atoms with van der Waals surface area (Å²) in [4.78, 5) is 0. The van der Waals surface area contributed by atoms with Crippen molar-refractivity contribution in [2.45, 2.75) is 111 Å². The van der Waals surface area contributed by atoms with E-state index in [0.717, 1.165) is 12.0 Å². The number of rotatable bonds is 5. The first kappa shape index (κ1) is 30.5. The number of hydrogen-bond donors (Lipinski definition) is 1. The molecule has 0 saturated heterocycles. The molecule has 2 aliphatic rings. The van der Waals surface area contributed by atoms with Gasteiger partial charge in [0.2, 0.25) is 0 Å². The molecule has 0 spiro atoms. The molecule has 1 nitrogen and oxygen atoms in total. The first-order valence-corrected chi connectivity index (χ1v) is 24.6. The average Bonchev–Trinajstić information content (AvgIpc) is 3.08. The summed E-state index contributed by atoms with van der Waals surface area (Å²) in [6.45, 7) is 14.9. The molecule has 2 aromatic carbocycles. The van der Waals surface area contributed by atoms with E-state index in [1.807, 2.05) is 15.4 Å². The Morgan fingerprint density at radius 1 is 0.649 bits per heavy atom. The fraction of sp³-hybridized carbons (Fsp3) is 0.529. The number of hydrogen-bond acceptors (Lipinski definition) is 1. The summed E-state index contributed by atoms with van der Waals surface area (Å²) < 4.78 is 6.35. The second-order valence-corrected chi connectivity index (χ2v) is 29.9. The van der Waals surface area contributed by atoms with Crippen molar-refractivity contribution in [3.63, 3.8) is 0 Å². The topological polar surface area (TPSA) is 12.0 Å². The molecule has 1 unspecified atom stereocenters. The van der Waals surface area contributed by atoms with Crippen molar-refractivity contribution < 1.29 is 21.2 Å². The summed E-state index contributed by atoms with van der Waals surface area (Å²) in [7, 11) is 0. The van der Waals surface area contributed by atoms with Crippen molar-refractivity contribution in [2.75, 3.05) is 0 Å². The minimum atomic E-state index is -1.66. The summed E-state index contributed by atoms with van der Waals surface area (Å²) in [6.07, 6.45) is 14.6. The number of benzene rings is 2. The van der Waals surface area contributed by atoms with Crippen LogP contribution in [0, 0.1) is 5.92 Å². The first-order valence-electron chi connectivity index (χ1n) is 15.0. The minimum Gasteiger partial charge on any atom is -0.0622 e. The van der Waals surface area contributed by atoms with Gasteiger partial charge in [0.25, 0.3) is 0 Å². The third-order valence-corrected chi connectivity index (χ3v) is 26.3. The van der Waals surface area contributed by atoms with Crippen LogP contribution in [0.2, 0.25) is 13.1 Å². The molecule has 0 heterocycles. The Morgan fingerprint density at radius 3 is 1.46 bits per heavy atom. The van der Waals surface area contributed by atoms with Gasteiger partial charge in [0.05, 0.1) is 0 Å². The predicted molar refractivity (Wildman–Crippen MR) is 164 cm³/mol. The van der Waals surface area contributed by atoms with Crippen molar-refractivity contribution in [3.05, 3.63) is 80.7 Å². The molecule has 1 fully saturated rings. The Hall–Kier alpha value is -1.02. The van der Waals surface area contributed by atoms with Crippen LogP contribution in [0.3, 0.4) is 0 Å². The smallest absolute Gasteiger partial charge is 0.0184 e. The molecule has 1 N–H and O–H groups in total. The summed E-state index contributed by atoms with van der Waals surface area (Å²) >= 11 is -1.66. The second kappa shape index (κ2) is 16.2. The summed E-state index contributed by atoms with van der Waals surface area (Å²) in [5.41, 5.74) is 7.50. The molecule has 4 rings (SSSR count). The fourth-order valence-corrected chi connectivity index (χ4v) is 23.4. The maximum Gasteiger partial charge on any atom is -0.0184 e. The van der Waals surface area contributed by atoms with Crippen LogP contribution >= 0.6 is 0 Å². The van der Waals surface area contributed by atoms with E-state index in [1.54, 1.807) is 16.7 Å². The summed E-state index contributed by atoms with van der Waals surface area (Å²) in [5.74, 6) is 0.140. The Balaban J connectivity index is 0.000000262. The Kier molecular flexibility index (Phi) is 13.3. The molecule has 1 atom stereocenters. The van der Waals surface area contributed by atoms with E-state index < -0.39 is 27.1 Å². The van der Waals surface area contributed by atoms with Gasteiger partial charge in [0, 0.05) is 0 Å². The molecule has 0 aliphatic heterocycles. The van der Waals surface area contributed by atoms with Crippen molar-refractivity contribution in [3.8, 4) is 11.1 Å². The van der Waals surface area contributed by atoms with Crippen LogP contribution in [0.25, 0.3) is 11.1 Å². The molecular formula is C34H52NSiZr. The van der Waals surface area contributed by atoms with E-state index in [4.69, 9.17) is 0 Å². The van der Waals surface area contributed by atoms with Crippen LogP contribution in [0.1, 0.15) is 91.9 Å². The summed E-state index contributed by atoms with van der Waals surface area (Å²) in [6, 6.07) is 21.6. The molecule has 2 aliphatic carbocycles. The van der Waals surface area contributed by atoms with Gasteiger partial charge in [-0.25, -0.2) is 0 Å². The van der Waals surface area contributed by atoms with Gasteiger partial charge in [-0.3, -0.25) is 0 Å². The van der Waals surface area contributed by atoms with Gasteiger partial charge in [-0.05, 0) is 11.1 Å². The van der Waals surface area contributed by atoms with Crippen LogP contribution in [0.5, 0.6) is 0 Å². The van der Waals surface area contributed by atoms with Gasteiger partial charge in [0.15, 0.2) is 0 Å². The fourth-order valence-electron chi connectivity index (χ4n) is 5.97.